The Labute approximate surface area is 154 Å². The quantitative estimate of drug-likeness (QED) is 0.782. The first kappa shape index (κ1) is 17.1. The lowest BCUT2D eigenvalue weighted by atomic mass is 10.2. The predicted octanol–water partition coefficient (Wildman–Crippen LogP) is 0.811. The van der Waals surface area contributed by atoms with E-state index in [2.05, 4.69) is 10.4 Å². The lowest BCUT2D eigenvalue weighted by Crippen LogP contribution is -2.36. The van der Waals surface area contributed by atoms with Gasteiger partial charge in [-0.2, -0.15) is 5.10 Å². The molecule has 140 valence electrons. The number of carbonyl (C=O) groups excluding carboxylic acids is 3. The zero-order chi connectivity index (χ0) is 18.8. The molecule has 4 rings (SSSR count). The van der Waals surface area contributed by atoms with Crippen molar-refractivity contribution in [2.45, 2.75) is 25.5 Å². The van der Waals surface area contributed by atoms with Crippen LogP contribution in [0.5, 0.6) is 11.5 Å². The van der Waals surface area contributed by atoms with Gasteiger partial charge < -0.3 is 14.8 Å². The number of hydrogen-bond acceptors (Lipinski definition) is 6. The smallest absolute Gasteiger partial charge is 0.244 e. The van der Waals surface area contributed by atoms with Gasteiger partial charge in [0.1, 0.15) is 13.2 Å². The summed E-state index contributed by atoms with van der Waals surface area (Å²) in [5, 5.41) is 6.84. The standard InChI is InChI=1S/C18H18N4O5/c23-16(10-22-17(24)5-6-18(22)25)20-12-7-19-21(8-12)9-13-11-26-14-3-1-2-4-15(14)27-13/h1-4,7-8,13H,5-6,9-11H2,(H,20,23). The van der Waals surface area contributed by atoms with Crippen LogP contribution in [-0.4, -0.2) is 51.7 Å². The summed E-state index contributed by atoms with van der Waals surface area (Å²) in [6.07, 6.45) is 3.29. The zero-order valence-electron chi connectivity index (χ0n) is 14.5. The molecule has 0 radical (unpaired) electrons. The van der Waals surface area contributed by atoms with Gasteiger partial charge in [-0.1, -0.05) is 12.1 Å². The van der Waals surface area contributed by atoms with Gasteiger partial charge in [0.15, 0.2) is 17.6 Å². The van der Waals surface area contributed by atoms with E-state index in [-0.39, 0.29) is 37.3 Å². The minimum atomic E-state index is -0.440. The van der Waals surface area contributed by atoms with Crippen LogP contribution in [0.2, 0.25) is 0 Å². The number of imide groups is 1. The third-order valence-corrected chi connectivity index (χ3v) is 4.33. The summed E-state index contributed by atoms with van der Waals surface area (Å²) in [5.74, 6) is 0.327. The number of aromatic nitrogens is 2. The van der Waals surface area contributed by atoms with Crippen LogP contribution in [0.15, 0.2) is 36.7 Å². The maximum Gasteiger partial charge on any atom is 0.244 e. The van der Waals surface area contributed by atoms with Gasteiger partial charge in [0.05, 0.1) is 18.4 Å². The van der Waals surface area contributed by atoms with E-state index in [0.29, 0.717) is 30.3 Å². The Hall–Kier alpha value is -3.36. The molecule has 9 heteroatoms. The fourth-order valence-electron chi connectivity index (χ4n) is 3.03. The average Bonchev–Trinajstić information content (AvgIpc) is 3.22. The van der Waals surface area contributed by atoms with Crippen molar-refractivity contribution in [2.75, 3.05) is 18.5 Å². The van der Waals surface area contributed by atoms with Crippen LogP contribution in [0.3, 0.4) is 0 Å². The largest absolute Gasteiger partial charge is 0.486 e. The molecular formula is C18H18N4O5. The van der Waals surface area contributed by atoms with Gasteiger partial charge in [0.25, 0.3) is 0 Å². The molecule has 2 aliphatic heterocycles. The maximum absolute atomic E-state index is 12.1. The van der Waals surface area contributed by atoms with Crippen LogP contribution >= 0.6 is 0 Å². The predicted molar refractivity (Wildman–Crippen MR) is 93.2 cm³/mol. The molecule has 0 saturated carbocycles. The number of carbonyl (C=O) groups is 3. The highest BCUT2D eigenvalue weighted by Crippen LogP contribution is 2.31. The number of fused-ring (bicyclic) bond motifs is 1. The van der Waals surface area contributed by atoms with Gasteiger partial charge in [-0.25, -0.2) is 0 Å². The van der Waals surface area contributed by atoms with E-state index in [4.69, 9.17) is 9.47 Å². The number of rotatable bonds is 5. The van der Waals surface area contributed by atoms with Gasteiger partial charge in [0, 0.05) is 19.0 Å². The van der Waals surface area contributed by atoms with Gasteiger partial charge >= 0.3 is 0 Å². The molecule has 0 spiro atoms. The summed E-state index contributed by atoms with van der Waals surface area (Å²) in [4.78, 5) is 36.2. The van der Waals surface area contributed by atoms with Gasteiger partial charge in [0.2, 0.25) is 17.7 Å². The molecule has 1 unspecified atom stereocenters. The summed E-state index contributed by atoms with van der Waals surface area (Å²) < 4.78 is 13.2. The number of anilines is 1. The molecular weight excluding hydrogens is 352 g/mol. The minimum Gasteiger partial charge on any atom is -0.486 e. The van der Waals surface area contributed by atoms with Crippen molar-refractivity contribution in [1.82, 2.24) is 14.7 Å². The molecule has 1 saturated heterocycles. The van der Waals surface area contributed by atoms with E-state index >= 15 is 0 Å². The average molecular weight is 370 g/mol. The first-order chi connectivity index (χ1) is 13.1. The number of hydrogen-bond donors (Lipinski definition) is 1. The fourth-order valence-corrected chi connectivity index (χ4v) is 3.03. The first-order valence-corrected chi connectivity index (χ1v) is 8.62. The van der Waals surface area contributed by atoms with E-state index in [0.717, 1.165) is 4.90 Å². The number of likely N-dealkylation sites (tertiary alicyclic amines) is 1. The molecule has 1 aromatic carbocycles. The van der Waals surface area contributed by atoms with Crippen molar-refractivity contribution in [3.63, 3.8) is 0 Å². The Morgan fingerprint density at radius 3 is 2.70 bits per heavy atom. The molecule has 0 bridgehead atoms. The Morgan fingerprint density at radius 1 is 1.19 bits per heavy atom. The summed E-state index contributed by atoms with van der Waals surface area (Å²) >= 11 is 0. The number of benzene rings is 1. The highest BCUT2D eigenvalue weighted by atomic mass is 16.6. The molecule has 3 heterocycles. The van der Waals surface area contributed by atoms with Crippen LogP contribution in [0, 0.1) is 0 Å². The summed E-state index contributed by atoms with van der Waals surface area (Å²) in [6.45, 7) is 0.574. The fraction of sp³-hybridized carbons (Fsp3) is 0.333. The van der Waals surface area contributed by atoms with E-state index in [1.165, 1.54) is 6.20 Å². The second-order valence-corrected chi connectivity index (χ2v) is 6.37. The summed E-state index contributed by atoms with van der Waals surface area (Å²) in [6, 6.07) is 7.45. The lowest BCUT2D eigenvalue weighted by Gasteiger charge is -2.26. The van der Waals surface area contributed by atoms with Crippen LogP contribution in [0.4, 0.5) is 5.69 Å². The Bertz CT molecular complexity index is 877. The summed E-state index contributed by atoms with van der Waals surface area (Å²) in [7, 11) is 0. The monoisotopic (exact) mass is 370 g/mol. The van der Waals surface area contributed by atoms with Crippen molar-refractivity contribution >= 4 is 23.4 Å². The molecule has 2 aliphatic rings. The SMILES string of the molecule is O=C(CN1C(=O)CCC1=O)Nc1cnn(CC2COc3ccccc3O2)c1. The van der Waals surface area contributed by atoms with E-state index in [9.17, 15) is 14.4 Å². The highest BCUT2D eigenvalue weighted by molar-refractivity contribution is 6.06. The van der Waals surface area contributed by atoms with Gasteiger partial charge in [-0.15, -0.1) is 0 Å². The van der Waals surface area contributed by atoms with Crippen LogP contribution < -0.4 is 14.8 Å². The number of nitrogens with zero attached hydrogens (tertiary/aromatic N) is 3. The van der Waals surface area contributed by atoms with Crippen molar-refractivity contribution in [3.8, 4) is 11.5 Å². The van der Waals surface area contributed by atoms with Crippen LogP contribution in [0.25, 0.3) is 0 Å². The molecule has 9 nitrogen and oxygen atoms in total. The number of amides is 3. The maximum atomic E-state index is 12.1. The number of ether oxygens (including phenoxy) is 2. The van der Waals surface area contributed by atoms with Crippen molar-refractivity contribution in [1.29, 1.82) is 0 Å². The first-order valence-electron chi connectivity index (χ1n) is 8.62. The van der Waals surface area contributed by atoms with E-state index < -0.39 is 5.91 Å². The van der Waals surface area contributed by atoms with E-state index in [1.54, 1.807) is 10.9 Å². The van der Waals surface area contributed by atoms with Crippen LogP contribution in [-0.2, 0) is 20.9 Å². The van der Waals surface area contributed by atoms with Crippen molar-refractivity contribution < 1.29 is 23.9 Å². The van der Waals surface area contributed by atoms with E-state index in [1.807, 2.05) is 24.3 Å². The molecule has 1 N–H and O–H groups in total. The minimum absolute atomic E-state index is 0.163. The number of para-hydroxylation sites is 2. The summed E-state index contributed by atoms with van der Waals surface area (Å²) in [5.41, 5.74) is 0.483. The second kappa shape index (κ2) is 7.10. The lowest BCUT2D eigenvalue weighted by molar-refractivity contribution is -0.141. The number of nitrogens with one attached hydrogen (secondary N) is 1. The second-order valence-electron chi connectivity index (χ2n) is 6.37. The molecule has 3 amide bonds. The third kappa shape index (κ3) is 3.76. The zero-order valence-corrected chi connectivity index (χ0v) is 14.5. The van der Waals surface area contributed by atoms with Crippen molar-refractivity contribution in [3.05, 3.63) is 36.7 Å². The van der Waals surface area contributed by atoms with Crippen LogP contribution in [0.1, 0.15) is 12.8 Å². The van der Waals surface area contributed by atoms with Gasteiger partial charge in [-0.3, -0.25) is 24.0 Å². The highest BCUT2D eigenvalue weighted by Gasteiger charge is 2.30. The topological polar surface area (TPSA) is 103 Å². The molecule has 1 atom stereocenters. The molecule has 0 aliphatic carbocycles. The van der Waals surface area contributed by atoms with Crippen molar-refractivity contribution in [2.24, 2.45) is 0 Å². The normalized spacial score (nSPS) is 18.7. The molecule has 1 aromatic heterocycles. The Kier molecular flexibility index (Phi) is 4.49. The third-order valence-electron chi connectivity index (χ3n) is 4.33. The molecule has 27 heavy (non-hydrogen) atoms. The molecule has 2 aromatic rings. The Morgan fingerprint density at radius 2 is 1.93 bits per heavy atom. The van der Waals surface area contributed by atoms with Gasteiger partial charge in [-0.05, 0) is 12.1 Å². The Balaban J connectivity index is 1.32. The molecule has 1 fully saturated rings.